The summed E-state index contributed by atoms with van der Waals surface area (Å²) in [6.45, 7) is 2.70. The van der Waals surface area contributed by atoms with Gasteiger partial charge in [0.1, 0.15) is 0 Å². The zero-order valence-corrected chi connectivity index (χ0v) is 11.4. The van der Waals surface area contributed by atoms with Crippen molar-refractivity contribution in [3.05, 3.63) is 61.0 Å². The number of benzene rings is 1. The third-order valence-corrected chi connectivity index (χ3v) is 2.91. The highest BCUT2D eigenvalue weighted by atomic mass is 15.1. The first-order valence-electron chi connectivity index (χ1n) is 6.67. The molecule has 104 valence electrons. The van der Waals surface area contributed by atoms with E-state index in [2.05, 4.69) is 22.2 Å². The molecule has 0 saturated carbocycles. The predicted molar refractivity (Wildman–Crippen MR) is 85.1 cm³/mol. The van der Waals surface area contributed by atoms with E-state index in [1.54, 1.807) is 6.20 Å². The number of para-hydroxylation sites is 1. The Balaban J connectivity index is 0.000000151. The molecule has 3 rings (SSSR count). The molecule has 2 aromatic rings. The van der Waals surface area contributed by atoms with Crippen molar-refractivity contribution in [2.24, 2.45) is 5.73 Å². The second-order valence-electron chi connectivity index (χ2n) is 4.51. The zero-order valence-electron chi connectivity index (χ0n) is 11.4. The van der Waals surface area contributed by atoms with Crippen LogP contribution in [0.5, 0.6) is 0 Å². The second kappa shape index (κ2) is 7.31. The van der Waals surface area contributed by atoms with E-state index in [9.17, 15) is 0 Å². The first-order chi connectivity index (χ1) is 9.79. The number of nitrogens with two attached hydrogens (primary N) is 2. The van der Waals surface area contributed by atoms with E-state index in [4.69, 9.17) is 11.5 Å². The van der Waals surface area contributed by atoms with Crippen LogP contribution in [0, 0.1) is 0 Å². The van der Waals surface area contributed by atoms with Crippen molar-refractivity contribution >= 4 is 16.6 Å². The van der Waals surface area contributed by atoms with Gasteiger partial charge in [-0.25, -0.2) is 0 Å². The number of anilines is 1. The monoisotopic (exact) mass is 268 g/mol. The smallest absolute Gasteiger partial charge is 0.0703 e. The Morgan fingerprint density at radius 2 is 2.05 bits per heavy atom. The normalized spacial score (nSPS) is 13.2. The van der Waals surface area contributed by atoms with Crippen molar-refractivity contribution in [1.82, 2.24) is 9.88 Å². The molecule has 4 N–H and O–H groups in total. The summed E-state index contributed by atoms with van der Waals surface area (Å²) in [4.78, 5) is 6.34. The summed E-state index contributed by atoms with van der Waals surface area (Å²) >= 11 is 0. The molecule has 0 spiro atoms. The van der Waals surface area contributed by atoms with Crippen molar-refractivity contribution in [2.45, 2.75) is 0 Å². The van der Waals surface area contributed by atoms with Gasteiger partial charge in [0.05, 0.1) is 17.4 Å². The van der Waals surface area contributed by atoms with E-state index in [0.29, 0.717) is 5.69 Å². The van der Waals surface area contributed by atoms with Crippen LogP contribution in [0.3, 0.4) is 0 Å². The van der Waals surface area contributed by atoms with E-state index in [-0.39, 0.29) is 0 Å². The zero-order chi connectivity index (χ0) is 14.2. The molecular weight excluding hydrogens is 248 g/mol. The minimum atomic E-state index is 0.712. The van der Waals surface area contributed by atoms with E-state index >= 15 is 0 Å². The molecule has 0 unspecified atom stereocenters. The van der Waals surface area contributed by atoms with Gasteiger partial charge in [-0.05, 0) is 24.4 Å². The van der Waals surface area contributed by atoms with Gasteiger partial charge in [-0.2, -0.15) is 0 Å². The summed E-state index contributed by atoms with van der Waals surface area (Å²) in [7, 11) is 0. The molecule has 1 aliphatic rings. The summed E-state index contributed by atoms with van der Waals surface area (Å²) in [5.41, 5.74) is 12.6. The summed E-state index contributed by atoms with van der Waals surface area (Å²) in [6.07, 6.45) is 9.93. The summed E-state index contributed by atoms with van der Waals surface area (Å²) in [5, 5.41) is 1.09. The lowest BCUT2D eigenvalue weighted by Gasteiger charge is -2.18. The maximum atomic E-state index is 5.56. The fourth-order valence-electron chi connectivity index (χ4n) is 1.93. The maximum Gasteiger partial charge on any atom is 0.0703 e. The molecule has 0 amide bonds. The van der Waals surface area contributed by atoms with Crippen LogP contribution >= 0.6 is 0 Å². The molecule has 4 heteroatoms. The number of allylic oxidation sites excluding steroid dienone is 2. The number of nitrogen functional groups attached to an aromatic ring is 1. The van der Waals surface area contributed by atoms with Gasteiger partial charge >= 0.3 is 0 Å². The van der Waals surface area contributed by atoms with Gasteiger partial charge in [-0.1, -0.05) is 30.4 Å². The van der Waals surface area contributed by atoms with Gasteiger partial charge in [0.15, 0.2) is 0 Å². The summed E-state index contributed by atoms with van der Waals surface area (Å²) in [6, 6.07) is 9.82. The lowest BCUT2D eigenvalue weighted by molar-refractivity contribution is 0.422. The molecule has 20 heavy (non-hydrogen) atoms. The number of fused-ring (bicyclic) bond motifs is 1. The SMILES string of the molecule is NCCN1C=CC=CC1.Nc1cnc2ccccc2c1. The highest BCUT2D eigenvalue weighted by molar-refractivity contribution is 5.80. The summed E-state index contributed by atoms with van der Waals surface area (Å²) in [5.74, 6) is 0. The number of nitrogens with zero attached hydrogens (tertiary/aromatic N) is 2. The molecule has 0 atom stereocenters. The quantitative estimate of drug-likeness (QED) is 0.875. The topological polar surface area (TPSA) is 68.2 Å². The standard InChI is InChI=1S/C9H8N2.C7H12N2/c10-8-5-7-3-1-2-4-9(7)11-6-8;8-4-7-9-5-2-1-3-6-9/h1-6H,10H2;1-3,5H,4,6-8H2. The minimum absolute atomic E-state index is 0.712. The summed E-state index contributed by atoms with van der Waals surface area (Å²) < 4.78 is 0. The lowest BCUT2D eigenvalue weighted by atomic mass is 10.2. The molecular formula is C16H20N4. The van der Waals surface area contributed by atoms with Gasteiger partial charge in [0.2, 0.25) is 0 Å². The average Bonchev–Trinajstić information content (AvgIpc) is 2.49. The fraction of sp³-hybridized carbons (Fsp3) is 0.188. The first kappa shape index (κ1) is 14.1. The molecule has 0 fully saturated rings. The third-order valence-electron chi connectivity index (χ3n) is 2.91. The average molecular weight is 268 g/mol. The molecule has 0 bridgehead atoms. The van der Waals surface area contributed by atoms with Crippen molar-refractivity contribution in [2.75, 3.05) is 25.4 Å². The predicted octanol–water partition coefficient (Wildman–Crippen LogP) is 2.15. The van der Waals surface area contributed by atoms with Crippen LogP contribution in [0.1, 0.15) is 0 Å². The molecule has 1 aliphatic heterocycles. The van der Waals surface area contributed by atoms with Gasteiger partial charge in [0.25, 0.3) is 0 Å². The van der Waals surface area contributed by atoms with Crippen molar-refractivity contribution in [1.29, 1.82) is 0 Å². The Morgan fingerprint density at radius 3 is 2.80 bits per heavy atom. The Bertz CT molecular complexity index is 604. The minimum Gasteiger partial charge on any atom is -0.397 e. The molecule has 0 aliphatic carbocycles. The van der Waals surface area contributed by atoms with Crippen LogP contribution in [0.15, 0.2) is 61.0 Å². The molecule has 4 nitrogen and oxygen atoms in total. The van der Waals surface area contributed by atoms with E-state index in [1.807, 2.05) is 42.5 Å². The van der Waals surface area contributed by atoms with Crippen LogP contribution in [0.2, 0.25) is 0 Å². The highest BCUT2D eigenvalue weighted by Gasteiger charge is 1.95. The van der Waals surface area contributed by atoms with Gasteiger partial charge in [-0.3, -0.25) is 4.98 Å². The van der Waals surface area contributed by atoms with Crippen LogP contribution in [0.25, 0.3) is 10.9 Å². The number of hydrogen-bond acceptors (Lipinski definition) is 4. The highest BCUT2D eigenvalue weighted by Crippen LogP contribution is 2.12. The van der Waals surface area contributed by atoms with Crippen molar-refractivity contribution in [3.8, 4) is 0 Å². The van der Waals surface area contributed by atoms with Crippen molar-refractivity contribution in [3.63, 3.8) is 0 Å². The molecule has 2 heterocycles. The van der Waals surface area contributed by atoms with Crippen LogP contribution in [0.4, 0.5) is 5.69 Å². The van der Waals surface area contributed by atoms with E-state index in [1.165, 1.54) is 0 Å². The van der Waals surface area contributed by atoms with Crippen LogP contribution in [-0.4, -0.2) is 29.5 Å². The Kier molecular flexibility index (Phi) is 5.15. The number of aromatic nitrogens is 1. The lowest BCUT2D eigenvalue weighted by Crippen LogP contribution is -2.25. The Morgan fingerprint density at radius 1 is 1.20 bits per heavy atom. The number of pyridine rings is 1. The van der Waals surface area contributed by atoms with Gasteiger partial charge in [-0.15, -0.1) is 0 Å². The molecule has 1 aromatic heterocycles. The Hall–Kier alpha value is -2.33. The third kappa shape index (κ3) is 4.10. The molecule has 0 saturated heterocycles. The largest absolute Gasteiger partial charge is 0.397 e. The number of hydrogen-bond donors (Lipinski definition) is 2. The second-order valence-corrected chi connectivity index (χ2v) is 4.51. The molecule has 0 radical (unpaired) electrons. The van der Waals surface area contributed by atoms with E-state index < -0.39 is 0 Å². The Labute approximate surface area is 119 Å². The first-order valence-corrected chi connectivity index (χ1v) is 6.67. The van der Waals surface area contributed by atoms with E-state index in [0.717, 1.165) is 30.5 Å². The van der Waals surface area contributed by atoms with Crippen molar-refractivity contribution < 1.29 is 0 Å². The maximum absolute atomic E-state index is 5.56. The fourth-order valence-corrected chi connectivity index (χ4v) is 1.93. The van der Waals surface area contributed by atoms with Gasteiger partial charge < -0.3 is 16.4 Å². The number of rotatable bonds is 2. The van der Waals surface area contributed by atoms with Gasteiger partial charge in [0, 0.05) is 25.0 Å². The van der Waals surface area contributed by atoms with Crippen LogP contribution < -0.4 is 11.5 Å². The van der Waals surface area contributed by atoms with Crippen LogP contribution in [-0.2, 0) is 0 Å². The molecule has 1 aromatic carbocycles.